The molecule has 3 nitrogen and oxygen atoms in total. The number of hydrogen-bond donors (Lipinski definition) is 1. The molecule has 0 bridgehead atoms. The first-order valence-corrected chi connectivity index (χ1v) is 7.51. The van der Waals surface area contributed by atoms with Crippen LogP contribution in [0.15, 0.2) is 0 Å². The van der Waals surface area contributed by atoms with Gasteiger partial charge in [-0.3, -0.25) is 4.90 Å². The van der Waals surface area contributed by atoms with Gasteiger partial charge in [-0.25, -0.2) is 0 Å². The summed E-state index contributed by atoms with van der Waals surface area (Å²) in [4.78, 5) is 5.32. The van der Waals surface area contributed by atoms with Gasteiger partial charge in [0.05, 0.1) is 0 Å². The Labute approximate surface area is 106 Å². The Morgan fingerprint density at radius 3 is 2.35 bits per heavy atom. The van der Waals surface area contributed by atoms with Crippen LogP contribution in [0.2, 0.25) is 0 Å². The van der Waals surface area contributed by atoms with Crippen molar-refractivity contribution < 1.29 is 0 Å². The average molecular weight is 239 g/mol. The molecule has 0 aromatic heterocycles. The molecule has 0 amide bonds. The first-order chi connectivity index (χ1) is 8.29. The zero-order valence-corrected chi connectivity index (χ0v) is 11.4. The van der Waals surface area contributed by atoms with Crippen molar-refractivity contribution in [1.82, 2.24) is 9.80 Å². The molecule has 1 atom stereocenters. The van der Waals surface area contributed by atoms with Crippen LogP contribution in [0.4, 0.5) is 0 Å². The molecule has 2 fully saturated rings. The SMILES string of the molecule is CCC(N)CCN1CCN(C2CCCC2)CC1. The number of nitrogens with two attached hydrogens (primary N) is 1. The van der Waals surface area contributed by atoms with E-state index in [-0.39, 0.29) is 0 Å². The lowest BCUT2D eigenvalue weighted by molar-refractivity contribution is 0.0959. The number of hydrogen-bond acceptors (Lipinski definition) is 3. The Kier molecular flexibility index (Phi) is 5.26. The van der Waals surface area contributed by atoms with Crippen LogP contribution in [-0.4, -0.2) is 54.6 Å². The van der Waals surface area contributed by atoms with Gasteiger partial charge in [-0.15, -0.1) is 0 Å². The van der Waals surface area contributed by atoms with E-state index in [4.69, 9.17) is 5.73 Å². The number of piperazine rings is 1. The second-order valence-electron chi connectivity index (χ2n) is 5.77. The maximum Gasteiger partial charge on any atom is 0.0113 e. The highest BCUT2D eigenvalue weighted by atomic mass is 15.3. The van der Waals surface area contributed by atoms with Gasteiger partial charge in [0, 0.05) is 38.3 Å². The van der Waals surface area contributed by atoms with E-state index in [1.165, 1.54) is 64.8 Å². The van der Waals surface area contributed by atoms with Crippen LogP contribution in [0.25, 0.3) is 0 Å². The van der Waals surface area contributed by atoms with E-state index in [0.717, 1.165) is 12.5 Å². The molecule has 0 radical (unpaired) electrons. The maximum atomic E-state index is 5.98. The van der Waals surface area contributed by atoms with Crippen LogP contribution < -0.4 is 5.73 Å². The molecule has 1 aliphatic heterocycles. The molecule has 100 valence electrons. The van der Waals surface area contributed by atoms with E-state index in [1.54, 1.807) is 0 Å². The van der Waals surface area contributed by atoms with Gasteiger partial charge in [-0.1, -0.05) is 19.8 Å². The van der Waals surface area contributed by atoms with Crippen molar-refractivity contribution in [3.63, 3.8) is 0 Å². The van der Waals surface area contributed by atoms with Gasteiger partial charge >= 0.3 is 0 Å². The molecular weight excluding hydrogens is 210 g/mol. The summed E-state index contributed by atoms with van der Waals surface area (Å²) < 4.78 is 0. The normalized spacial score (nSPS) is 26.5. The highest BCUT2D eigenvalue weighted by Gasteiger charge is 2.25. The number of nitrogens with zero attached hydrogens (tertiary/aromatic N) is 2. The molecular formula is C14H29N3. The van der Waals surface area contributed by atoms with Gasteiger partial charge in [0.2, 0.25) is 0 Å². The van der Waals surface area contributed by atoms with Gasteiger partial charge in [-0.05, 0) is 32.2 Å². The summed E-state index contributed by atoms with van der Waals surface area (Å²) in [6.07, 6.45) is 8.08. The average Bonchev–Trinajstić information content (AvgIpc) is 2.90. The molecule has 2 N–H and O–H groups in total. The third-order valence-electron chi connectivity index (χ3n) is 4.59. The van der Waals surface area contributed by atoms with Crippen LogP contribution >= 0.6 is 0 Å². The minimum atomic E-state index is 0.405. The highest BCUT2D eigenvalue weighted by molar-refractivity contribution is 4.82. The molecule has 2 rings (SSSR count). The zero-order valence-electron chi connectivity index (χ0n) is 11.4. The van der Waals surface area contributed by atoms with Gasteiger partial charge in [-0.2, -0.15) is 0 Å². The Bertz CT molecular complexity index is 206. The van der Waals surface area contributed by atoms with Crippen LogP contribution in [0.5, 0.6) is 0 Å². The fourth-order valence-corrected chi connectivity index (χ4v) is 3.17. The molecule has 17 heavy (non-hydrogen) atoms. The molecule has 0 spiro atoms. The second kappa shape index (κ2) is 6.72. The number of rotatable bonds is 5. The molecule has 1 heterocycles. The van der Waals surface area contributed by atoms with Gasteiger partial charge in [0.25, 0.3) is 0 Å². The Morgan fingerprint density at radius 1 is 1.12 bits per heavy atom. The van der Waals surface area contributed by atoms with Crippen LogP contribution in [0.1, 0.15) is 45.4 Å². The molecule has 1 aliphatic carbocycles. The van der Waals surface area contributed by atoms with Gasteiger partial charge in [0.1, 0.15) is 0 Å². The standard InChI is InChI=1S/C14H29N3/c1-2-13(15)7-8-16-9-11-17(12-10-16)14-5-3-4-6-14/h13-14H,2-12,15H2,1H3. The predicted octanol–water partition coefficient (Wildman–Crippen LogP) is 1.67. The highest BCUT2D eigenvalue weighted by Crippen LogP contribution is 2.24. The molecule has 2 aliphatic rings. The lowest BCUT2D eigenvalue weighted by Crippen LogP contribution is -2.50. The molecule has 0 aromatic rings. The first-order valence-electron chi connectivity index (χ1n) is 7.51. The minimum absolute atomic E-state index is 0.405. The van der Waals surface area contributed by atoms with Crippen molar-refractivity contribution in [1.29, 1.82) is 0 Å². The summed E-state index contributed by atoms with van der Waals surface area (Å²) in [6.45, 7) is 8.47. The first kappa shape index (κ1) is 13.3. The Hall–Kier alpha value is -0.120. The Morgan fingerprint density at radius 2 is 1.76 bits per heavy atom. The largest absolute Gasteiger partial charge is 0.328 e. The second-order valence-corrected chi connectivity index (χ2v) is 5.77. The van der Waals surface area contributed by atoms with Crippen molar-refractivity contribution in [3.8, 4) is 0 Å². The van der Waals surface area contributed by atoms with Crippen molar-refractivity contribution in [2.24, 2.45) is 5.73 Å². The molecule has 3 heteroatoms. The summed E-state index contributed by atoms with van der Waals surface area (Å²) in [5, 5.41) is 0. The molecule has 1 unspecified atom stereocenters. The predicted molar refractivity (Wildman–Crippen MR) is 73.2 cm³/mol. The molecule has 0 aromatic carbocycles. The Balaban J connectivity index is 1.63. The van der Waals surface area contributed by atoms with Crippen LogP contribution in [0, 0.1) is 0 Å². The summed E-state index contributed by atoms with van der Waals surface area (Å²) in [7, 11) is 0. The maximum absolute atomic E-state index is 5.98. The minimum Gasteiger partial charge on any atom is -0.328 e. The van der Waals surface area contributed by atoms with Crippen LogP contribution in [-0.2, 0) is 0 Å². The van der Waals surface area contributed by atoms with E-state index < -0.39 is 0 Å². The van der Waals surface area contributed by atoms with Crippen molar-refractivity contribution in [2.45, 2.75) is 57.5 Å². The van der Waals surface area contributed by atoms with Crippen molar-refractivity contribution in [2.75, 3.05) is 32.7 Å². The van der Waals surface area contributed by atoms with E-state index in [0.29, 0.717) is 6.04 Å². The van der Waals surface area contributed by atoms with Gasteiger partial charge < -0.3 is 10.6 Å². The fraction of sp³-hybridized carbons (Fsp3) is 1.00. The molecule has 1 saturated carbocycles. The third kappa shape index (κ3) is 3.94. The van der Waals surface area contributed by atoms with Crippen molar-refractivity contribution in [3.05, 3.63) is 0 Å². The van der Waals surface area contributed by atoms with E-state index >= 15 is 0 Å². The summed E-state index contributed by atoms with van der Waals surface area (Å²) in [5.74, 6) is 0. The van der Waals surface area contributed by atoms with E-state index in [1.807, 2.05) is 0 Å². The third-order valence-corrected chi connectivity index (χ3v) is 4.59. The van der Waals surface area contributed by atoms with Crippen molar-refractivity contribution >= 4 is 0 Å². The molecule has 1 saturated heterocycles. The van der Waals surface area contributed by atoms with Gasteiger partial charge in [0.15, 0.2) is 0 Å². The monoisotopic (exact) mass is 239 g/mol. The fourth-order valence-electron chi connectivity index (χ4n) is 3.17. The lowest BCUT2D eigenvalue weighted by Gasteiger charge is -2.38. The smallest absolute Gasteiger partial charge is 0.0113 e. The quantitative estimate of drug-likeness (QED) is 0.792. The van der Waals surface area contributed by atoms with Crippen LogP contribution in [0.3, 0.4) is 0 Å². The lowest BCUT2D eigenvalue weighted by atomic mass is 10.1. The zero-order chi connectivity index (χ0) is 12.1. The summed E-state index contributed by atoms with van der Waals surface area (Å²) in [5.41, 5.74) is 5.98. The summed E-state index contributed by atoms with van der Waals surface area (Å²) in [6, 6.07) is 1.32. The summed E-state index contributed by atoms with van der Waals surface area (Å²) >= 11 is 0. The topological polar surface area (TPSA) is 32.5 Å². The van der Waals surface area contributed by atoms with E-state index in [9.17, 15) is 0 Å². The van der Waals surface area contributed by atoms with E-state index in [2.05, 4.69) is 16.7 Å².